The van der Waals surface area contributed by atoms with Crippen LogP contribution in [0.4, 0.5) is 4.39 Å². The number of halogens is 4. The van der Waals surface area contributed by atoms with E-state index in [9.17, 15) is 18.8 Å². The Morgan fingerprint density at radius 3 is 2.12 bits per heavy atom. The van der Waals surface area contributed by atoms with Crippen molar-refractivity contribution in [2.45, 2.75) is 22.6 Å². The molecule has 32 heavy (non-hydrogen) atoms. The van der Waals surface area contributed by atoms with E-state index < -0.39 is 35.4 Å². The van der Waals surface area contributed by atoms with E-state index in [4.69, 9.17) is 11.6 Å². The Kier molecular flexibility index (Phi) is 5.66. The van der Waals surface area contributed by atoms with Crippen LogP contribution in [0.5, 0.6) is 0 Å². The Balaban J connectivity index is 1.54. The molecule has 0 radical (unpaired) electrons. The normalized spacial score (nSPS) is 30.7. The molecule has 6 atom stereocenters. The second kappa shape index (κ2) is 8.22. The molecule has 0 N–H and O–H groups in total. The van der Waals surface area contributed by atoms with E-state index in [1.807, 2.05) is 0 Å². The summed E-state index contributed by atoms with van der Waals surface area (Å²) >= 11 is 13.3. The number of hydrazine groups is 1. The van der Waals surface area contributed by atoms with E-state index in [1.165, 1.54) is 24.3 Å². The van der Waals surface area contributed by atoms with Crippen molar-refractivity contribution in [1.82, 2.24) is 10.0 Å². The molecule has 0 unspecified atom stereocenters. The van der Waals surface area contributed by atoms with Gasteiger partial charge in [-0.05, 0) is 48.6 Å². The number of carbonyl (C=O) groups excluding carboxylic acids is 3. The summed E-state index contributed by atoms with van der Waals surface area (Å²) in [6.45, 7) is -0.240. The standard InChI is InChI=1S/C23H18Br2ClFN2O3/c24-19-14-9-15(20(19)25)18-17(14)22(31)29(23(18)32)28(10-12-3-1-2-4-16(12)27)21(30)11-5-7-13(26)8-6-11/h1-8,14-15,17-20H,9-10H2/t14-,15-,17-,18-,19-,20+/m1/s1. The van der Waals surface area contributed by atoms with Crippen molar-refractivity contribution < 1.29 is 18.8 Å². The molecule has 5 rings (SSSR count). The third-order valence-corrected chi connectivity index (χ3v) is 10.3. The summed E-state index contributed by atoms with van der Waals surface area (Å²) in [7, 11) is 0. The summed E-state index contributed by atoms with van der Waals surface area (Å²) < 4.78 is 14.5. The van der Waals surface area contributed by atoms with Gasteiger partial charge in [-0.25, -0.2) is 9.40 Å². The van der Waals surface area contributed by atoms with Gasteiger partial charge in [0, 0.05) is 25.8 Å². The van der Waals surface area contributed by atoms with Gasteiger partial charge in [0.25, 0.3) is 17.7 Å². The van der Waals surface area contributed by atoms with Crippen LogP contribution in [0.3, 0.4) is 0 Å². The predicted octanol–water partition coefficient (Wildman–Crippen LogP) is 4.81. The molecule has 3 fully saturated rings. The molecule has 1 aliphatic heterocycles. The van der Waals surface area contributed by atoms with E-state index in [0.29, 0.717) is 5.02 Å². The lowest BCUT2D eigenvalue weighted by Crippen LogP contribution is -2.50. The minimum absolute atomic E-state index is 0.0109. The van der Waals surface area contributed by atoms with Crippen molar-refractivity contribution >= 4 is 61.2 Å². The van der Waals surface area contributed by atoms with Gasteiger partial charge in [-0.3, -0.25) is 14.4 Å². The maximum absolute atomic E-state index is 14.5. The fourth-order valence-electron chi connectivity index (χ4n) is 5.33. The maximum Gasteiger partial charge on any atom is 0.273 e. The van der Waals surface area contributed by atoms with Crippen molar-refractivity contribution in [3.05, 3.63) is 70.5 Å². The molecule has 5 nitrogen and oxygen atoms in total. The zero-order valence-electron chi connectivity index (χ0n) is 16.6. The van der Waals surface area contributed by atoms with Gasteiger partial charge >= 0.3 is 0 Å². The predicted molar refractivity (Wildman–Crippen MR) is 124 cm³/mol. The Hall–Kier alpha value is -1.77. The van der Waals surface area contributed by atoms with E-state index in [1.54, 1.807) is 24.3 Å². The number of alkyl halides is 2. The van der Waals surface area contributed by atoms with Crippen LogP contribution >= 0.6 is 43.5 Å². The first-order valence-electron chi connectivity index (χ1n) is 10.3. The zero-order chi connectivity index (χ0) is 22.7. The molecule has 0 aromatic heterocycles. The number of nitrogens with zero attached hydrogens (tertiary/aromatic N) is 2. The van der Waals surface area contributed by atoms with Crippen molar-refractivity contribution in [2.24, 2.45) is 23.7 Å². The summed E-state index contributed by atoms with van der Waals surface area (Å²) in [4.78, 5) is 40.6. The van der Waals surface area contributed by atoms with Gasteiger partial charge < -0.3 is 0 Å². The number of fused-ring (bicyclic) bond motifs is 5. The molecule has 2 aromatic rings. The quantitative estimate of drug-likeness (QED) is 0.383. The molecule has 3 amide bonds. The number of rotatable bonds is 4. The van der Waals surface area contributed by atoms with Crippen molar-refractivity contribution in [3.8, 4) is 0 Å². The van der Waals surface area contributed by atoms with Crippen LogP contribution in [0.15, 0.2) is 48.5 Å². The maximum atomic E-state index is 14.5. The molecule has 2 aromatic carbocycles. The Bertz CT molecular complexity index is 1080. The number of amides is 3. The van der Waals surface area contributed by atoms with Crippen LogP contribution in [0, 0.1) is 29.5 Å². The topological polar surface area (TPSA) is 57.7 Å². The summed E-state index contributed by atoms with van der Waals surface area (Å²) in [5, 5.41) is 2.49. The van der Waals surface area contributed by atoms with Crippen LogP contribution in [-0.2, 0) is 16.1 Å². The van der Waals surface area contributed by atoms with E-state index in [2.05, 4.69) is 31.9 Å². The minimum Gasteiger partial charge on any atom is -0.272 e. The highest BCUT2D eigenvalue weighted by Gasteiger charge is 2.67. The molecule has 2 bridgehead atoms. The monoisotopic (exact) mass is 582 g/mol. The molecule has 2 saturated carbocycles. The Morgan fingerprint density at radius 1 is 1.00 bits per heavy atom. The van der Waals surface area contributed by atoms with Crippen LogP contribution in [0.1, 0.15) is 22.3 Å². The molecule has 1 heterocycles. The first-order chi connectivity index (χ1) is 15.3. The smallest absolute Gasteiger partial charge is 0.272 e. The fourth-order valence-corrected chi connectivity index (χ4v) is 7.33. The van der Waals surface area contributed by atoms with Gasteiger partial charge in [-0.2, -0.15) is 5.01 Å². The second-order valence-corrected chi connectivity index (χ2v) is 11.0. The highest BCUT2D eigenvalue weighted by Crippen LogP contribution is 2.60. The summed E-state index contributed by atoms with van der Waals surface area (Å²) in [6.07, 6.45) is 0.783. The summed E-state index contributed by atoms with van der Waals surface area (Å²) in [5.74, 6) is -2.80. The average molecular weight is 585 g/mol. The lowest BCUT2D eigenvalue weighted by atomic mass is 9.81. The third kappa shape index (κ3) is 3.33. The number of carbonyl (C=O) groups is 3. The first-order valence-corrected chi connectivity index (χ1v) is 12.5. The number of hydrogen-bond donors (Lipinski definition) is 0. The second-order valence-electron chi connectivity index (χ2n) is 8.45. The lowest BCUT2D eigenvalue weighted by molar-refractivity contribution is -0.156. The molecule has 0 spiro atoms. The SMILES string of the molecule is O=C(c1ccc(Cl)cc1)N(Cc1ccccc1F)N1C(=O)[C@@H]2[C@H]3C[C@@H]([C@@H](Br)[C@H]3Br)[C@H]2C1=O. The number of hydrogen-bond acceptors (Lipinski definition) is 3. The van der Waals surface area contributed by atoms with Crippen LogP contribution in [0.2, 0.25) is 5.02 Å². The van der Waals surface area contributed by atoms with E-state index in [0.717, 1.165) is 16.4 Å². The third-order valence-electron chi connectivity index (χ3n) is 6.81. The lowest BCUT2D eigenvalue weighted by Gasteiger charge is -2.31. The van der Waals surface area contributed by atoms with Gasteiger partial charge in [0.05, 0.1) is 18.4 Å². The van der Waals surface area contributed by atoms with E-state index in [-0.39, 0.29) is 39.2 Å². The fraction of sp³-hybridized carbons (Fsp3) is 0.348. The molecule has 9 heteroatoms. The highest BCUT2D eigenvalue weighted by atomic mass is 79.9. The van der Waals surface area contributed by atoms with Crippen molar-refractivity contribution in [2.75, 3.05) is 0 Å². The van der Waals surface area contributed by atoms with Gasteiger partial charge in [-0.15, -0.1) is 0 Å². The molecule has 166 valence electrons. The van der Waals surface area contributed by atoms with Crippen molar-refractivity contribution in [3.63, 3.8) is 0 Å². The molecular weight excluding hydrogens is 567 g/mol. The van der Waals surface area contributed by atoms with Crippen molar-refractivity contribution in [1.29, 1.82) is 0 Å². The summed E-state index contributed by atoms with van der Waals surface area (Å²) in [5.41, 5.74) is 0.468. The molecule has 2 aliphatic carbocycles. The molecular formula is C23H18Br2ClFN2O3. The number of imide groups is 1. The Labute approximate surface area is 206 Å². The number of benzene rings is 2. The van der Waals surface area contributed by atoms with Gasteiger partial charge in [0.1, 0.15) is 5.82 Å². The Morgan fingerprint density at radius 2 is 1.56 bits per heavy atom. The summed E-state index contributed by atoms with van der Waals surface area (Å²) in [6, 6.07) is 12.2. The molecule has 3 aliphatic rings. The zero-order valence-corrected chi connectivity index (χ0v) is 20.6. The van der Waals surface area contributed by atoms with Gasteiger partial charge in [0.2, 0.25) is 0 Å². The van der Waals surface area contributed by atoms with Gasteiger partial charge in [-0.1, -0.05) is 61.7 Å². The first kappa shape index (κ1) is 22.0. The van der Waals surface area contributed by atoms with Crippen LogP contribution in [-0.4, -0.2) is 37.4 Å². The van der Waals surface area contributed by atoms with Gasteiger partial charge in [0.15, 0.2) is 0 Å². The largest absolute Gasteiger partial charge is 0.273 e. The molecule has 1 saturated heterocycles. The average Bonchev–Trinajstić information content (AvgIpc) is 3.39. The highest BCUT2D eigenvalue weighted by molar-refractivity contribution is 9.12. The van der Waals surface area contributed by atoms with E-state index >= 15 is 0 Å². The van der Waals surface area contributed by atoms with Crippen LogP contribution in [0.25, 0.3) is 0 Å². The van der Waals surface area contributed by atoms with Crippen LogP contribution < -0.4 is 0 Å². The minimum atomic E-state index is -0.565.